The Kier molecular flexibility index (Phi) is 6.88. The molecule has 0 aliphatic carbocycles. The van der Waals surface area contributed by atoms with E-state index in [-0.39, 0.29) is 12.6 Å². The number of nitrogens with zero attached hydrogens (tertiary/aromatic N) is 2. The van der Waals surface area contributed by atoms with Crippen LogP contribution in [0.5, 0.6) is 11.5 Å². The number of carbonyl (C=O) groups excluding carboxylic acids is 1. The zero-order chi connectivity index (χ0) is 27.8. The van der Waals surface area contributed by atoms with Crippen LogP contribution in [-0.2, 0) is 18.9 Å². The number of fused-ring (bicyclic) bond motifs is 1. The summed E-state index contributed by atoms with van der Waals surface area (Å²) in [6, 6.07) is 19.7. The maximum atomic E-state index is 13.8. The van der Waals surface area contributed by atoms with Gasteiger partial charge in [-0.3, -0.25) is 4.79 Å². The van der Waals surface area contributed by atoms with E-state index in [1.165, 1.54) is 4.90 Å². The number of rotatable bonds is 4. The first kappa shape index (κ1) is 26.4. The molecule has 0 N–H and O–H groups in total. The summed E-state index contributed by atoms with van der Waals surface area (Å²) in [7, 11) is 0. The molecule has 2 heterocycles. The van der Waals surface area contributed by atoms with E-state index in [1.807, 2.05) is 29.0 Å². The van der Waals surface area contributed by atoms with Gasteiger partial charge in [0.25, 0.3) is 5.91 Å². The number of hydrogen-bond donors (Lipinski definition) is 0. The van der Waals surface area contributed by atoms with Gasteiger partial charge in [-0.1, -0.05) is 30.3 Å². The molecular weight excluding hydrogens is 522 g/mol. The van der Waals surface area contributed by atoms with Gasteiger partial charge >= 0.3 is 12.4 Å². The Morgan fingerprint density at radius 2 is 1.41 bits per heavy atom. The predicted molar refractivity (Wildman–Crippen MR) is 131 cm³/mol. The molecule has 10 heteroatoms. The van der Waals surface area contributed by atoms with Gasteiger partial charge in [0.15, 0.2) is 0 Å². The van der Waals surface area contributed by atoms with Crippen LogP contribution in [0.25, 0.3) is 0 Å². The van der Waals surface area contributed by atoms with Crippen LogP contribution in [0.2, 0.25) is 0 Å². The highest BCUT2D eigenvalue weighted by Crippen LogP contribution is 2.39. The molecule has 1 unspecified atom stereocenters. The van der Waals surface area contributed by atoms with Crippen molar-refractivity contribution < 1.29 is 35.9 Å². The predicted octanol–water partition coefficient (Wildman–Crippen LogP) is 7.95. The Bertz CT molecular complexity index is 1440. The van der Waals surface area contributed by atoms with Gasteiger partial charge < -0.3 is 14.2 Å². The highest BCUT2D eigenvalue weighted by atomic mass is 19.4. The lowest BCUT2D eigenvalue weighted by molar-refractivity contribution is -0.143. The van der Waals surface area contributed by atoms with Gasteiger partial charge in [-0.25, -0.2) is 0 Å². The Morgan fingerprint density at radius 1 is 0.744 bits per heavy atom. The van der Waals surface area contributed by atoms with Crippen molar-refractivity contribution in [1.82, 2.24) is 9.47 Å². The Morgan fingerprint density at radius 3 is 2.08 bits per heavy atom. The highest BCUT2D eigenvalue weighted by Gasteiger charge is 2.39. The molecule has 1 aliphatic rings. The van der Waals surface area contributed by atoms with Crippen LogP contribution < -0.4 is 4.74 Å². The summed E-state index contributed by atoms with van der Waals surface area (Å²) in [4.78, 5) is 15.1. The fraction of sp³-hybridized carbons (Fsp3) is 0.207. The molecule has 0 saturated heterocycles. The molecule has 0 fully saturated rings. The number of aryl methyl sites for hydroxylation is 1. The lowest BCUT2D eigenvalue weighted by Gasteiger charge is -2.31. The third kappa shape index (κ3) is 5.64. The minimum atomic E-state index is -5.06. The molecule has 0 saturated carbocycles. The molecule has 1 aliphatic heterocycles. The van der Waals surface area contributed by atoms with Crippen molar-refractivity contribution in [1.29, 1.82) is 0 Å². The molecule has 3 aromatic carbocycles. The van der Waals surface area contributed by atoms with Crippen LogP contribution in [0.15, 0.2) is 91.1 Å². The number of carbonyl (C=O) groups is 1. The fourth-order valence-corrected chi connectivity index (χ4v) is 4.77. The molecule has 202 valence electrons. The summed E-state index contributed by atoms with van der Waals surface area (Å²) in [6.45, 7) is 0.645. The summed E-state index contributed by atoms with van der Waals surface area (Å²) in [5.41, 5.74) is -2.47. The molecular formula is C29H22F6N2O2. The number of benzene rings is 3. The maximum absolute atomic E-state index is 13.8. The largest absolute Gasteiger partial charge is 0.457 e. The lowest BCUT2D eigenvalue weighted by atomic mass is 9.99. The first-order valence-corrected chi connectivity index (χ1v) is 12.1. The van der Waals surface area contributed by atoms with Crippen LogP contribution in [-0.4, -0.2) is 21.9 Å². The number of aromatic nitrogens is 1. The zero-order valence-electron chi connectivity index (χ0n) is 20.3. The van der Waals surface area contributed by atoms with Crippen molar-refractivity contribution in [3.05, 3.63) is 119 Å². The Labute approximate surface area is 220 Å². The smallest absolute Gasteiger partial charge is 0.416 e. The molecule has 39 heavy (non-hydrogen) atoms. The number of amides is 1. The number of halogens is 6. The standard InChI is InChI=1S/C29H22F6N2O2/c30-28(31,32)21-15-20(16-22(18-21)29(33,34)35)27(38)37-14-6-13-36-12-5-11-25(36)26(37)19-7-4-10-24(17-19)39-23-8-2-1-3-9-23/h1-5,7-12,15-18,26H,6,13-14H2. The Balaban J connectivity index is 1.59. The van der Waals surface area contributed by atoms with Crippen molar-refractivity contribution in [3.63, 3.8) is 0 Å². The minimum absolute atomic E-state index is 0.0201. The van der Waals surface area contributed by atoms with Gasteiger partial charge in [0, 0.05) is 30.5 Å². The summed E-state index contributed by atoms with van der Waals surface area (Å²) in [5, 5.41) is 0. The van der Waals surface area contributed by atoms with Crippen LogP contribution in [0.3, 0.4) is 0 Å². The normalized spacial score (nSPS) is 15.9. The van der Waals surface area contributed by atoms with Crippen LogP contribution in [0.4, 0.5) is 26.3 Å². The molecule has 4 nitrogen and oxygen atoms in total. The van der Waals surface area contributed by atoms with Crippen molar-refractivity contribution in [2.24, 2.45) is 0 Å². The second-order valence-corrected chi connectivity index (χ2v) is 9.16. The van der Waals surface area contributed by atoms with Crippen LogP contribution >= 0.6 is 0 Å². The molecule has 5 rings (SSSR count). The average Bonchev–Trinajstić information content (AvgIpc) is 3.27. The number of alkyl halides is 6. The number of para-hydroxylation sites is 1. The van der Waals surface area contributed by atoms with E-state index in [0.29, 0.717) is 47.9 Å². The molecule has 0 bridgehead atoms. The van der Waals surface area contributed by atoms with Gasteiger partial charge in [0.2, 0.25) is 0 Å². The van der Waals surface area contributed by atoms with Crippen LogP contribution in [0.1, 0.15) is 45.2 Å². The first-order chi connectivity index (χ1) is 18.5. The first-order valence-electron chi connectivity index (χ1n) is 12.1. The van der Waals surface area contributed by atoms with E-state index in [1.54, 1.807) is 48.5 Å². The SMILES string of the molecule is O=C(c1cc(C(F)(F)F)cc(C(F)(F)F)c1)N1CCCn2cccc2C1c1cccc(Oc2ccccc2)c1. The molecule has 1 amide bonds. The molecule has 4 aromatic rings. The third-order valence-corrected chi connectivity index (χ3v) is 6.50. The lowest BCUT2D eigenvalue weighted by Crippen LogP contribution is -2.36. The number of hydrogen-bond acceptors (Lipinski definition) is 2. The summed E-state index contributed by atoms with van der Waals surface area (Å²) >= 11 is 0. The second-order valence-electron chi connectivity index (χ2n) is 9.16. The van der Waals surface area contributed by atoms with E-state index in [9.17, 15) is 31.1 Å². The average molecular weight is 544 g/mol. The molecule has 1 aromatic heterocycles. The van der Waals surface area contributed by atoms with Crippen molar-refractivity contribution >= 4 is 5.91 Å². The van der Waals surface area contributed by atoms with E-state index in [4.69, 9.17) is 4.74 Å². The second kappa shape index (κ2) is 10.2. The van der Waals surface area contributed by atoms with Crippen molar-refractivity contribution in [2.45, 2.75) is 31.4 Å². The topological polar surface area (TPSA) is 34.5 Å². The molecule has 0 spiro atoms. The summed E-state index contributed by atoms with van der Waals surface area (Å²) in [5.74, 6) is 0.114. The minimum Gasteiger partial charge on any atom is -0.457 e. The van der Waals surface area contributed by atoms with E-state index < -0.39 is 41.0 Å². The highest BCUT2D eigenvalue weighted by molar-refractivity contribution is 5.95. The van der Waals surface area contributed by atoms with E-state index in [2.05, 4.69) is 0 Å². The van der Waals surface area contributed by atoms with Gasteiger partial charge in [-0.15, -0.1) is 0 Å². The number of ether oxygens (including phenoxy) is 1. The van der Waals surface area contributed by atoms with Gasteiger partial charge in [0.05, 0.1) is 17.2 Å². The summed E-state index contributed by atoms with van der Waals surface area (Å²) < 4.78 is 89.0. The van der Waals surface area contributed by atoms with E-state index >= 15 is 0 Å². The molecule has 1 atom stereocenters. The third-order valence-electron chi connectivity index (χ3n) is 6.50. The maximum Gasteiger partial charge on any atom is 0.416 e. The van der Waals surface area contributed by atoms with E-state index in [0.717, 1.165) is 0 Å². The van der Waals surface area contributed by atoms with Crippen LogP contribution in [0, 0.1) is 0 Å². The fourth-order valence-electron chi connectivity index (χ4n) is 4.77. The van der Waals surface area contributed by atoms with Crippen molar-refractivity contribution in [3.8, 4) is 11.5 Å². The molecule has 0 radical (unpaired) electrons. The monoisotopic (exact) mass is 544 g/mol. The van der Waals surface area contributed by atoms with Gasteiger partial charge in [0.1, 0.15) is 11.5 Å². The zero-order valence-corrected chi connectivity index (χ0v) is 20.3. The Hall–Kier alpha value is -4.21. The van der Waals surface area contributed by atoms with Crippen molar-refractivity contribution in [2.75, 3.05) is 6.54 Å². The quantitative estimate of drug-likeness (QED) is 0.245. The van der Waals surface area contributed by atoms with Gasteiger partial charge in [-0.05, 0) is 66.6 Å². The summed E-state index contributed by atoms with van der Waals surface area (Å²) in [6.07, 6.45) is -7.85. The van der Waals surface area contributed by atoms with Gasteiger partial charge in [-0.2, -0.15) is 26.3 Å².